The minimum absolute atomic E-state index is 0. The van der Waals surface area contributed by atoms with Crippen molar-refractivity contribution < 1.29 is 9.26 Å². The minimum atomic E-state index is 0. The fourth-order valence-electron chi connectivity index (χ4n) is 3.12. The van der Waals surface area contributed by atoms with Gasteiger partial charge in [0.1, 0.15) is 6.10 Å². The molecule has 2 fully saturated rings. The topological polar surface area (TPSA) is 60.2 Å². The summed E-state index contributed by atoms with van der Waals surface area (Å²) >= 11 is 0. The summed E-state index contributed by atoms with van der Waals surface area (Å²) in [5.41, 5.74) is 0. The summed E-state index contributed by atoms with van der Waals surface area (Å²) in [6, 6.07) is 0. The molecule has 0 saturated carbocycles. The summed E-state index contributed by atoms with van der Waals surface area (Å²) in [4.78, 5) is 4.51. The van der Waals surface area contributed by atoms with E-state index in [1.165, 1.54) is 12.8 Å². The summed E-state index contributed by atoms with van der Waals surface area (Å²) in [6.07, 6.45) is 5.58. The van der Waals surface area contributed by atoms with Gasteiger partial charge in [-0.2, -0.15) is 4.98 Å². The minimum Gasteiger partial charge on any atom is -0.370 e. The number of halogens is 1. The highest BCUT2D eigenvalue weighted by Gasteiger charge is 2.25. The Labute approximate surface area is 126 Å². The highest BCUT2D eigenvalue weighted by Crippen LogP contribution is 2.28. The molecule has 0 bridgehead atoms. The van der Waals surface area contributed by atoms with Crippen molar-refractivity contribution in [1.82, 2.24) is 15.5 Å². The van der Waals surface area contributed by atoms with Gasteiger partial charge in [0.15, 0.2) is 0 Å². The van der Waals surface area contributed by atoms with Crippen molar-refractivity contribution >= 4 is 12.4 Å². The van der Waals surface area contributed by atoms with E-state index >= 15 is 0 Å². The van der Waals surface area contributed by atoms with Gasteiger partial charge in [-0.15, -0.1) is 12.4 Å². The van der Waals surface area contributed by atoms with Gasteiger partial charge in [-0.3, -0.25) is 0 Å². The summed E-state index contributed by atoms with van der Waals surface area (Å²) in [7, 11) is 0. The molecule has 2 aliphatic rings. The molecule has 1 N–H and O–H groups in total. The maximum Gasteiger partial charge on any atom is 0.227 e. The van der Waals surface area contributed by atoms with Gasteiger partial charge in [0.25, 0.3) is 0 Å². The molecule has 2 saturated heterocycles. The van der Waals surface area contributed by atoms with Gasteiger partial charge in [0, 0.05) is 13.0 Å². The van der Waals surface area contributed by atoms with Crippen LogP contribution in [-0.2, 0) is 11.2 Å². The molecule has 1 aromatic rings. The molecule has 2 aliphatic heterocycles. The molecule has 5 nitrogen and oxygen atoms in total. The summed E-state index contributed by atoms with van der Waals surface area (Å²) < 4.78 is 11.0. The van der Waals surface area contributed by atoms with Crippen molar-refractivity contribution in [2.45, 2.75) is 45.1 Å². The molecule has 3 rings (SSSR count). The predicted molar refractivity (Wildman–Crippen MR) is 77.9 cm³/mol. The SMILES string of the molecule is CC(Cc1nc(C2CCCO2)no1)C1CCNCC1.Cl. The van der Waals surface area contributed by atoms with Gasteiger partial charge < -0.3 is 14.6 Å². The zero-order valence-electron chi connectivity index (χ0n) is 12.0. The van der Waals surface area contributed by atoms with Gasteiger partial charge in [-0.05, 0) is 50.6 Å². The van der Waals surface area contributed by atoms with Crippen molar-refractivity contribution in [2.24, 2.45) is 11.8 Å². The fraction of sp³-hybridized carbons (Fsp3) is 0.857. The molecule has 1 aromatic heterocycles. The van der Waals surface area contributed by atoms with Crippen molar-refractivity contribution in [2.75, 3.05) is 19.7 Å². The molecule has 0 radical (unpaired) electrons. The zero-order valence-corrected chi connectivity index (χ0v) is 12.8. The van der Waals surface area contributed by atoms with Crippen molar-refractivity contribution in [3.8, 4) is 0 Å². The molecule has 2 unspecified atom stereocenters. The highest BCUT2D eigenvalue weighted by atomic mass is 35.5. The van der Waals surface area contributed by atoms with E-state index in [0.717, 1.165) is 56.6 Å². The van der Waals surface area contributed by atoms with E-state index in [9.17, 15) is 0 Å². The Morgan fingerprint density at radius 3 is 2.80 bits per heavy atom. The lowest BCUT2D eigenvalue weighted by atomic mass is 9.84. The second-order valence-electron chi connectivity index (χ2n) is 5.82. The van der Waals surface area contributed by atoms with E-state index in [2.05, 4.69) is 22.4 Å². The standard InChI is InChI=1S/C14H23N3O2.ClH/c1-10(11-4-6-15-7-5-11)9-13-16-14(17-19-13)12-3-2-8-18-12;/h10-12,15H,2-9H2,1H3;1H. The average molecular weight is 302 g/mol. The van der Waals surface area contributed by atoms with E-state index in [0.29, 0.717) is 5.92 Å². The lowest BCUT2D eigenvalue weighted by molar-refractivity contribution is 0.103. The molecular weight excluding hydrogens is 278 g/mol. The summed E-state index contributed by atoms with van der Waals surface area (Å²) in [5, 5.41) is 7.48. The molecule has 0 aliphatic carbocycles. The maximum absolute atomic E-state index is 5.58. The number of piperidine rings is 1. The van der Waals surface area contributed by atoms with Crippen LogP contribution >= 0.6 is 12.4 Å². The van der Waals surface area contributed by atoms with Crippen molar-refractivity contribution in [3.63, 3.8) is 0 Å². The Balaban J connectivity index is 0.00000147. The number of hydrogen-bond acceptors (Lipinski definition) is 5. The van der Waals surface area contributed by atoms with E-state index in [4.69, 9.17) is 9.26 Å². The fourth-order valence-corrected chi connectivity index (χ4v) is 3.12. The van der Waals surface area contributed by atoms with Crippen molar-refractivity contribution in [1.29, 1.82) is 0 Å². The molecule has 2 atom stereocenters. The number of ether oxygens (including phenoxy) is 1. The van der Waals surface area contributed by atoms with Gasteiger partial charge in [-0.1, -0.05) is 12.1 Å². The number of aromatic nitrogens is 2. The molecule has 6 heteroatoms. The van der Waals surface area contributed by atoms with E-state index in [-0.39, 0.29) is 18.5 Å². The monoisotopic (exact) mass is 301 g/mol. The third-order valence-electron chi connectivity index (χ3n) is 4.39. The van der Waals surface area contributed by atoms with Crippen LogP contribution in [0.4, 0.5) is 0 Å². The average Bonchev–Trinajstić information content (AvgIpc) is 3.10. The largest absolute Gasteiger partial charge is 0.370 e. The van der Waals surface area contributed by atoms with Crippen LogP contribution in [0.2, 0.25) is 0 Å². The van der Waals surface area contributed by atoms with Crippen LogP contribution in [0.5, 0.6) is 0 Å². The Morgan fingerprint density at radius 1 is 1.30 bits per heavy atom. The first-order chi connectivity index (χ1) is 9.33. The van der Waals surface area contributed by atoms with E-state index in [1.54, 1.807) is 0 Å². The predicted octanol–water partition coefficient (Wildman–Crippen LogP) is 2.52. The van der Waals surface area contributed by atoms with Crippen LogP contribution in [0.25, 0.3) is 0 Å². The normalized spacial score (nSPS) is 25.4. The Bertz CT molecular complexity index is 401. The Hall–Kier alpha value is -0.650. The number of nitrogens with one attached hydrogen (secondary N) is 1. The second-order valence-corrected chi connectivity index (χ2v) is 5.82. The molecule has 20 heavy (non-hydrogen) atoms. The number of rotatable bonds is 4. The van der Waals surface area contributed by atoms with Crippen LogP contribution in [0, 0.1) is 11.8 Å². The van der Waals surface area contributed by atoms with Gasteiger partial charge >= 0.3 is 0 Å². The van der Waals surface area contributed by atoms with Gasteiger partial charge in [0.05, 0.1) is 0 Å². The first-order valence-corrected chi connectivity index (χ1v) is 7.47. The van der Waals surface area contributed by atoms with Gasteiger partial charge in [0.2, 0.25) is 11.7 Å². The zero-order chi connectivity index (χ0) is 13.1. The third-order valence-corrected chi connectivity index (χ3v) is 4.39. The quantitative estimate of drug-likeness (QED) is 0.926. The van der Waals surface area contributed by atoms with Crippen LogP contribution in [0.15, 0.2) is 4.52 Å². The maximum atomic E-state index is 5.58. The summed E-state index contributed by atoms with van der Waals surface area (Å²) in [6.45, 7) is 5.39. The second kappa shape index (κ2) is 7.38. The van der Waals surface area contributed by atoms with Crippen LogP contribution in [0.1, 0.15) is 50.4 Å². The van der Waals surface area contributed by atoms with E-state index < -0.39 is 0 Å². The Morgan fingerprint density at radius 2 is 2.10 bits per heavy atom. The van der Waals surface area contributed by atoms with Crippen LogP contribution in [0.3, 0.4) is 0 Å². The molecule has 0 aromatic carbocycles. The lowest BCUT2D eigenvalue weighted by Gasteiger charge is -2.27. The van der Waals surface area contributed by atoms with Crippen LogP contribution < -0.4 is 5.32 Å². The first kappa shape index (κ1) is 15.7. The van der Waals surface area contributed by atoms with Crippen LogP contribution in [-0.4, -0.2) is 29.8 Å². The lowest BCUT2D eigenvalue weighted by Crippen LogP contribution is -2.31. The number of hydrogen-bond donors (Lipinski definition) is 1. The molecule has 0 amide bonds. The van der Waals surface area contributed by atoms with Crippen molar-refractivity contribution in [3.05, 3.63) is 11.7 Å². The van der Waals surface area contributed by atoms with Gasteiger partial charge in [-0.25, -0.2) is 0 Å². The number of nitrogens with zero attached hydrogens (tertiary/aromatic N) is 2. The molecule has 114 valence electrons. The summed E-state index contributed by atoms with van der Waals surface area (Å²) in [5.74, 6) is 2.90. The third kappa shape index (κ3) is 3.71. The molecule has 0 spiro atoms. The first-order valence-electron chi connectivity index (χ1n) is 7.47. The van der Waals surface area contributed by atoms with E-state index in [1.807, 2.05) is 0 Å². The molecule has 3 heterocycles. The smallest absolute Gasteiger partial charge is 0.227 e. The highest BCUT2D eigenvalue weighted by molar-refractivity contribution is 5.85. The Kier molecular flexibility index (Phi) is 5.81. The molecular formula is C14H24ClN3O2.